The van der Waals surface area contributed by atoms with E-state index in [0.29, 0.717) is 17.1 Å². The Bertz CT molecular complexity index is 970. The molecule has 0 bridgehead atoms. The molecule has 2 amide bonds. The summed E-state index contributed by atoms with van der Waals surface area (Å²) in [6, 6.07) is 12.1. The molecule has 0 heterocycles. The number of hydrogen-bond acceptors (Lipinski definition) is 5. The van der Waals surface area contributed by atoms with Crippen LogP contribution in [0.3, 0.4) is 0 Å². The zero-order valence-electron chi connectivity index (χ0n) is 16.2. The maximum absolute atomic E-state index is 13.2. The first-order valence-electron chi connectivity index (χ1n) is 8.70. The Balaban J connectivity index is 2.40. The fourth-order valence-corrected chi connectivity index (χ4v) is 3.90. The van der Waals surface area contributed by atoms with E-state index in [4.69, 9.17) is 4.74 Å². The van der Waals surface area contributed by atoms with E-state index in [2.05, 4.69) is 17.2 Å². The Morgan fingerprint density at radius 2 is 1.72 bits per heavy atom. The van der Waals surface area contributed by atoms with Crippen molar-refractivity contribution >= 4 is 33.2 Å². The molecule has 0 spiro atoms. The number of carbonyl (C=O) groups is 2. The summed E-state index contributed by atoms with van der Waals surface area (Å²) in [6.07, 6.45) is 1.50. The van der Waals surface area contributed by atoms with Gasteiger partial charge in [-0.1, -0.05) is 6.08 Å². The Labute approximate surface area is 170 Å². The van der Waals surface area contributed by atoms with Crippen LogP contribution in [0, 0.1) is 0 Å². The third-order valence-corrected chi connectivity index (χ3v) is 5.64. The second-order valence-corrected chi connectivity index (χ2v) is 7.87. The number of carbonyl (C=O) groups excluding carboxylic acids is 2. The SMILES string of the molecule is C=CCNC(=O)CN(c1ccc(OC)cc1)S(=O)(=O)c1ccc(NC(C)=O)cc1. The van der Waals surface area contributed by atoms with Crippen molar-refractivity contribution in [2.24, 2.45) is 0 Å². The van der Waals surface area contributed by atoms with Crippen molar-refractivity contribution in [1.82, 2.24) is 5.32 Å². The Kier molecular flexibility index (Phi) is 7.38. The zero-order chi connectivity index (χ0) is 21.4. The molecule has 0 atom stereocenters. The minimum atomic E-state index is -4.05. The summed E-state index contributed by atoms with van der Waals surface area (Å²) < 4.78 is 32.6. The molecule has 0 aliphatic carbocycles. The molecule has 0 saturated heterocycles. The van der Waals surface area contributed by atoms with Crippen molar-refractivity contribution in [3.8, 4) is 5.75 Å². The molecule has 2 aromatic carbocycles. The topological polar surface area (TPSA) is 105 Å². The molecular formula is C20H23N3O5S. The molecule has 0 aromatic heterocycles. The second-order valence-electron chi connectivity index (χ2n) is 6.01. The van der Waals surface area contributed by atoms with Gasteiger partial charge in [-0.15, -0.1) is 6.58 Å². The van der Waals surface area contributed by atoms with Crippen LogP contribution in [0.4, 0.5) is 11.4 Å². The normalized spacial score (nSPS) is 10.7. The first kappa shape index (κ1) is 22.0. The number of sulfonamides is 1. The van der Waals surface area contributed by atoms with Crippen LogP contribution in [0.25, 0.3) is 0 Å². The molecule has 0 aliphatic heterocycles. The smallest absolute Gasteiger partial charge is 0.264 e. The summed E-state index contributed by atoms with van der Waals surface area (Å²) in [5, 5.41) is 5.15. The molecule has 0 aliphatic rings. The molecule has 9 heteroatoms. The molecule has 0 fully saturated rings. The highest BCUT2D eigenvalue weighted by molar-refractivity contribution is 7.92. The fourth-order valence-electron chi connectivity index (χ4n) is 2.48. The molecule has 8 nitrogen and oxygen atoms in total. The van der Waals surface area contributed by atoms with E-state index < -0.39 is 22.5 Å². The first-order valence-corrected chi connectivity index (χ1v) is 10.1. The van der Waals surface area contributed by atoms with Gasteiger partial charge in [-0.05, 0) is 48.5 Å². The maximum atomic E-state index is 13.2. The number of hydrogen-bond donors (Lipinski definition) is 2. The lowest BCUT2D eigenvalue weighted by Gasteiger charge is -2.24. The van der Waals surface area contributed by atoms with Gasteiger partial charge in [0.1, 0.15) is 12.3 Å². The highest BCUT2D eigenvalue weighted by Gasteiger charge is 2.27. The average molecular weight is 417 g/mol. The van der Waals surface area contributed by atoms with Crippen LogP contribution in [0.5, 0.6) is 5.75 Å². The van der Waals surface area contributed by atoms with E-state index in [0.717, 1.165) is 4.31 Å². The average Bonchev–Trinajstić information content (AvgIpc) is 2.70. The van der Waals surface area contributed by atoms with Crippen molar-refractivity contribution in [2.45, 2.75) is 11.8 Å². The lowest BCUT2D eigenvalue weighted by molar-refractivity contribution is -0.119. The molecule has 0 radical (unpaired) electrons. The molecule has 29 heavy (non-hydrogen) atoms. The van der Waals surface area contributed by atoms with E-state index in [1.807, 2.05) is 0 Å². The predicted octanol–water partition coefficient (Wildman–Crippen LogP) is 2.15. The van der Waals surface area contributed by atoms with Crippen LogP contribution in [0.15, 0.2) is 66.1 Å². The largest absolute Gasteiger partial charge is 0.497 e. The fraction of sp³-hybridized carbons (Fsp3) is 0.200. The standard InChI is InChI=1S/C20H23N3O5S/c1-4-13-21-20(25)14-23(17-7-9-18(28-3)10-8-17)29(26,27)19-11-5-16(6-12-19)22-15(2)24/h4-12H,1,13-14H2,2-3H3,(H,21,25)(H,22,24). The van der Waals surface area contributed by atoms with Crippen molar-refractivity contribution in [2.75, 3.05) is 29.8 Å². The highest BCUT2D eigenvalue weighted by atomic mass is 32.2. The van der Waals surface area contributed by atoms with E-state index in [1.165, 1.54) is 44.4 Å². The van der Waals surface area contributed by atoms with E-state index >= 15 is 0 Å². The molecule has 0 unspecified atom stereocenters. The Morgan fingerprint density at radius 1 is 1.10 bits per heavy atom. The molecule has 0 saturated carbocycles. The third kappa shape index (κ3) is 5.82. The Hall–Kier alpha value is -3.33. The number of nitrogens with zero attached hydrogens (tertiary/aromatic N) is 1. The number of amides is 2. The summed E-state index contributed by atoms with van der Waals surface area (Å²) in [6.45, 7) is 4.70. The van der Waals surface area contributed by atoms with Gasteiger partial charge in [0.05, 0.1) is 17.7 Å². The number of nitrogens with one attached hydrogen (secondary N) is 2. The number of anilines is 2. The van der Waals surface area contributed by atoms with Gasteiger partial charge in [-0.2, -0.15) is 0 Å². The lowest BCUT2D eigenvalue weighted by Crippen LogP contribution is -2.40. The zero-order valence-corrected chi connectivity index (χ0v) is 17.0. The van der Waals surface area contributed by atoms with Gasteiger partial charge in [-0.3, -0.25) is 13.9 Å². The monoisotopic (exact) mass is 417 g/mol. The van der Waals surface area contributed by atoms with E-state index in [9.17, 15) is 18.0 Å². The van der Waals surface area contributed by atoms with E-state index in [1.54, 1.807) is 24.3 Å². The number of rotatable bonds is 9. The van der Waals surface area contributed by atoms with Gasteiger partial charge >= 0.3 is 0 Å². The van der Waals surface area contributed by atoms with Crippen LogP contribution < -0.4 is 19.7 Å². The van der Waals surface area contributed by atoms with Gasteiger partial charge in [0.15, 0.2) is 0 Å². The van der Waals surface area contributed by atoms with Crippen molar-refractivity contribution in [3.05, 3.63) is 61.2 Å². The molecule has 2 aromatic rings. The van der Waals surface area contributed by atoms with Gasteiger partial charge in [0, 0.05) is 19.2 Å². The van der Waals surface area contributed by atoms with E-state index in [-0.39, 0.29) is 17.3 Å². The van der Waals surface area contributed by atoms with Gasteiger partial charge < -0.3 is 15.4 Å². The predicted molar refractivity (Wildman–Crippen MR) is 111 cm³/mol. The summed E-state index contributed by atoms with van der Waals surface area (Å²) in [7, 11) is -2.54. The summed E-state index contributed by atoms with van der Waals surface area (Å²) in [5.41, 5.74) is 0.779. The van der Waals surface area contributed by atoms with Gasteiger partial charge in [0.25, 0.3) is 10.0 Å². The van der Waals surface area contributed by atoms with Crippen LogP contribution >= 0.6 is 0 Å². The third-order valence-electron chi connectivity index (χ3n) is 3.85. The van der Waals surface area contributed by atoms with Crippen molar-refractivity contribution < 1.29 is 22.7 Å². The van der Waals surface area contributed by atoms with Crippen LogP contribution in [0.2, 0.25) is 0 Å². The Morgan fingerprint density at radius 3 is 2.24 bits per heavy atom. The van der Waals surface area contributed by atoms with Gasteiger partial charge in [0.2, 0.25) is 11.8 Å². The van der Waals surface area contributed by atoms with Crippen LogP contribution in [-0.4, -0.2) is 40.4 Å². The van der Waals surface area contributed by atoms with Crippen LogP contribution in [-0.2, 0) is 19.6 Å². The molecular weight excluding hydrogens is 394 g/mol. The molecule has 154 valence electrons. The number of methoxy groups -OCH3 is 1. The number of benzene rings is 2. The molecule has 2 N–H and O–H groups in total. The minimum absolute atomic E-state index is 0.0149. The van der Waals surface area contributed by atoms with Gasteiger partial charge in [-0.25, -0.2) is 8.42 Å². The summed E-state index contributed by atoms with van der Waals surface area (Å²) in [4.78, 5) is 23.4. The molecule has 2 rings (SSSR count). The van der Waals surface area contributed by atoms with Crippen molar-refractivity contribution in [1.29, 1.82) is 0 Å². The second kappa shape index (κ2) is 9.74. The lowest BCUT2D eigenvalue weighted by atomic mass is 10.3. The summed E-state index contributed by atoms with van der Waals surface area (Å²) >= 11 is 0. The number of ether oxygens (including phenoxy) is 1. The first-order chi connectivity index (χ1) is 13.8. The maximum Gasteiger partial charge on any atom is 0.264 e. The quantitative estimate of drug-likeness (QED) is 0.609. The van der Waals surface area contributed by atoms with Crippen LogP contribution in [0.1, 0.15) is 6.92 Å². The minimum Gasteiger partial charge on any atom is -0.497 e. The summed E-state index contributed by atoms with van der Waals surface area (Å²) in [5.74, 6) is -0.180. The van der Waals surface area contributed by atoms with Crippen molar-refractivity contribution in [3.63, 3.8) is 0 Å². The highest BCUT2D eigenvalue weighted by Crippen LogP contribution is 2.26.